The zero-order valence-corrected chi connectivity index (χ0v) is 15.6. The first-order chi connectivity index (χ1) is 13.6. The number of fused-ring (bicyclic) bond motifs is 1. The molecule has 28 heavy (non-hydrogen) atoms. The third-order valence-corrected chi connectivity index (χ3v) is 4.22. The van der Waals surface area contributed by atoms with Crippen LogP contribution in [0.3, 0.4) is 0 Å². The van der Waals surface area contributed by atoms with Gasteiger partial charge in [0, 0.05) is 11.3 Å². The summed E-state index contributed by atoms with van der Waals surface area (Å²) in [5.74, 6) is 1.34. The molecule has 138 valence electrons. The Morgan fingerprint density at radius 3 is 2.54 bits per heavy atom. The summed E-state index contributed by atoms with van der Waals surface area (Å²) in [5.41, 5.74) is 5.24. The summed E-state index contributed by atoms with van der Waals surface area (Å²) in [4.78, 5) is 18.7. The second kappa shape index (κ2) is 7.47. The van der Waals surface area contributed by atoms with Crippen molar-refractivity contribution in [2.45, 2.75) is 6.54 Å². The summed E-state index contributed by atoms with van der Waals surface area (Å²) in [7, 11) is 4.03. The van der Waals surface area contributed by atoms with Crippen LogP contribution in [0, 0.1) is 11.3 Å². The molecule has 2 N–H and O–H groups in total. The van der Waals surface area contributed by atoms with E-state index >= 15 is 0 Å². The molecule has 2 heterocycles. The van der Waals surface area contributed by atoms with Crippen LogP contribution in [0.5, 0.6) is 0 Å². The lowest BCUT2D eigenvalue weighted by Gasteiger charge is -2.09. The number of nitrogens with one attached hydrogen (secondary N) is 2. The molecule has 0 radical (unpaired) electrons. The Morgan fingerprint density at radius 1 is 1.11 bits per heavy atom. The number of nitriles is 1. The molecule has 4 aromatic rings. The van der Waals surface area contributed by atoms with Gasteiger partial charge in [0.1, 0.15) is 11.9 Å². The summed E-state index contributed by atoms with van der Waals surface area (Å²) < 4.78 is 0. The summed E-state index contributed by atoms with van der Waals surface area (Å²) in [6.45, 7) is 0.727. The van der Waals surface area contributed by atoms with Crippen molar-refractivity contribution in [2.24, 2.45) is 0 Å². The molecular formula is C21H19N7. The molecule has 0 bridgehead atoms. The molecule has 0 aliphatic heterocycles. The van der Waals surface area contributed by atoms with Gasteiger partial charge in [0.15, 0.2) is 0 Å². The number of nitrogens with zero attached hydrogens (tertiary/aromatic N) is 5. The first-order valence-corrected chi connectivity index (χ1v) is 8.84. The standard InChI is InChI=1S/C21H19N7/c1-28(2)13-19-26-18-9-16(25-21-23-11-14(10-22)12-24-21)8-17(20(18)27-19)15-6-4-3-5-7-15/h3-9,11-12H,13H2,1-2H3,(H,26,27)(H,23,24,25). The van der Waals surface area contributed by atoms with Crippen LogP contribution in [-0.4, -0.2) is 38.9 Å². The van der Waals surface area contributed by atoms with Gasteiger partial charge < -0.3 is 15.2 Å². The number of benzene rings is 2. The summed E-state index contributed by atoms with van der Waals surface area (Å²) in [6.07, 6.45) is 2.99. The molecule has 0 saturated carbocycles. The number of H-pyrrole nitrogens is 1. The van der Waals surface area contributed by atoms with Gasteiger partial charge in [0.05, 0.1) is 35.5 Å². The first kappa shape index (κ1) is 17.6. The summed E-state index contributed by atoms with van der Waals surface area (Å²) >= 11 is 0. The van der Waals surface area contributed by atoms with Crippen molar-refractivity contribution in [1.29, 1.82) is 5.26 Å². The highest BCUT2D eigenvalue weighted by atomic mass is 15.1. The van der Waals surface area contributed by atoms with Crippen LogP contribution in [-0.2, 0) is 6.54 Å². The molecule has 7 nitrogen and oxygen atoms in total. The average Bonchev–Trinajstić information content (AvgIpc) is 3.10. The fourth-order valence-electron chi connectivity index (χ4n) is 3.03. The van der Waals surface area contributed by atoms with E-state index in [2.05, 4.69) is 37.3 Å². The number of aromatic nitrogens is 4. The lowest BCUT2D eigenvalue weighted by molar-refractivity contribution is 0.392. The Hall–Kier alpha value is -3.76. The normalized spacial score (nSPS) is 10.9. The van der Waals surface area contributed by atoms with Crippen molar-refractivity contribution in [2.75, 3.05) is 19.4 Å². The van der Waals surface area contributed by atoms with E-state index in [0.29, 0.717) is 11.5 Å². The van der Waals surface area contributed by atoms with Gasteiger partial charge in [-0.3, -0.25) is 0 Å². The summed E-state index contributed by atoms with van der Waals surface area (Å²) in [6, 6.07) is 16.2. The van der Waals surface area contributed by atoms with Gasteiger partial charge in [-0.25, -0.2) is 15.0 Å². The second-order valence-electron chi connectivity index (χ2n) is 6.74. The molecule has 0 aliphatic carbocycles. The highest BCUT2D eigenvalue weighted by molar-refractivity contribution is 5.95. The quantitative estimate of drug-likeness (QED) is 0.557. The third kappa shape index (κ3) is 3.68. The van der Waals surface area contributed by atoms with Crippen LogP contribution < -0.4 is 5.32 Å². The minimum absolute atomic E-state index is 0.424. The molecule has 0 atom stereocenters. The Morgan fingerprint density at radius 2 is 1.86 bits per heavy atom. The molecule has 0 unspecified atom stereocenters. The number of hydrogen-bond acceptors (Lipinski definition) is 6. The fraction of sp³-hybridized carbons (Fsp3) is 0.143. The van der Waals surface area contributed by atoms with Crippen molar-refractivity contribution >= 4 is 22.7 Å². The van der Waals surface area contributed by atoms with Crippen LogP contribution in [0.15, 0.2) is 54.9 Å². The smallest absolute Gasteiger partial charge is 0.227 e. The van der Waals surface area contributed by atoms with E-state index in [0.717, 1.165) is 40.2 Å². The Balaban J connectivity index is 1.79. The zero-order valence-electron chi connectivity index (χ0n) is 15.6. The predicted octanol–water partition coefficient (Wildman–Crippen LogP) is 3.70. The molecule has 2 aromatic carbocycles. The zero-order chi connectivity index (χ0) is 19.5. The number of aromatic amines is 1. The van der Waals surface area contributed by atoms with Gasteiger partial charge in [-0.2, -0.15) is 5.26 Å². The topological polar surface area (TPSA) is 93.5 Å². The first-order valence-electron chi connectivity index (χ1n) is 8.84. The molecule has 0 saturated heterocycles. The van der Waals surface area contributed by atoms with Gasteiger partial charge in [-0.05, 0) is 31.8 Å². The number of imidazole rings is 1. The fourth-order valence-corrected chi connectivity index (χ4v) is 3.03. The van der Waals surface area contributed by atoms with Crippen LogP contribution in [0.2, 0.25) is 0 Å². The van der Waals surface area contributed by atoms with E-state index in [1.54, 1.807) is 0 Å². The lowest BCUT2D eigenvalue weighted by atomic mass is 10.0. The maximum atomic E-state index is 8.90. The molecule has 0 spiro atoms. The minimum atomic E-state index is 0.424. The maximum Gasteiger partial charge on any atom is 0.227 e. The van der Waals surface area contributed by atoms with E-state index in [9.17, 15) is 0 Å². The maximum absolute atomic E-state index is 8.90. The van der Waals surface area contributed by atoms with Crippen LogP contribution >= 0.6 is 0 Å². The average molecular weight is 369 g/mol. The highest BCUT2D eigenvalue weighted by Crippen LogP contribution is 2.31. The molecule has 0 aliphatic rings. The van der Waals surface area contributed by atoms with Crippen LogP contribution in [0.4, 0.5) is 11.6 Å². The van der Waals surface area contributed by atoms with E-state index in [1.165, 1.54) is 12.4 Å². The van der Waals surface area contributed by atoms with Gasteiger partial charge in [0.2, 0.25) is 5.95 Å². The number of anilines is 2. The van der Waals surface area contributed by atoms with Crippen molar-refractivity contribution in [3.63, 3.8) is 0 Å². The monoisotopic (exact) mass is 369 g/mol. The van der Waals surface area contributed by atoms with Gasteiger partial charge in [-0.1, -0.05) is 30.3 Å². The molecule has 7 heteroatoms. The summed E-state index contributed by atoms with van der Waals surface area (Å²) in [5, 5.41) is 12.1. The molecule has 0 amide bonds. The molecule has 2 aromatic heterocycles. The van der Waals surface area contributed by atoms with E-state index in [1.807, 2.05) is 50.5 Å². The van der Waals surface area contributed by atoms with E-state index in [4.69, 9.17) is 10.2 Å². The Labute approximate surface area is 162 Å². The molecule has 4 rings (SSSR count). The Bertz CT molecular complexity index is 1140. The highest BCUT2D eigenvalue weighted by Gasteiger charge is 2.12. The van der Waals surface area contributed by atoms with E-state index < -0.39 is 0 Å². The van der Waals surface area contributed by atoms with Gasteiger partial charge in [-0.15, -0.1) is 0 Å². The van der Waals surface area contributed by atoms with Crippen molar-refractivity contribution in [1.82, 2.24) is 24.8 Å². The number of rotatable bonds is 5. The van der Waals surface area contributed by atoms with Crippen LogP contribution in [0.1, 0.15) is 11.4 Å². The van der Waals surface area contributed by atoms with Crippen LogP contribution in [0.25, 0.3) is 22.2 Å². The molecular weight excluding hydrogens is 350 g/mol. The SMILES string of the molecule is CN(C)Cc1nc2c(-c3ccccc3)cc(Nc3ncc(C#N)cn3)cc2[nH]1. The third-order valence-electron chi connectivity index (χ3n) is 4.22. The van der Waals surface area contributed by atoms with E-state index in [-0.39, 0.29) is 0 Å². The van der Waals surface area contributed by atoms with Gasteiger partial charge in [0.25, 0.3) is 0 Å². The largest absolute Gasteiger partial charge is 0.341 e. The predicted molar refractivity (Wildman–Crippen MR) is 109 cm³/mol. The van der Waals surface area contributed by atoms with Gasteiger partial charge >= 0.3 is 0 Å². The van der Waals surface area contributed by atoms with Crippen molar-refractivity contribution in [3.05, 3.63) is 66.2 Å². The lowest BCUT2D eigenvalue weighted by Crippen LogP contribution is -2.11. The Kier molecular flexibility index (Phi) is 4.70. The van der Waals surface area contributed by atoms with Crippen molar-refractivity contribution < 1.29 is 0 Å². The minimum Gasteiger partial charge on any atom is -0.341 e. The van der Waals surface area contributed by atoms with Crippen molar-refractivity contribution in [3.8, 4) is 17.2 Å². The second-order valence-corrected chi connectivity index (χ2v) is 6.74. The molecule has 0 fully saturated rings. The number of hydrogen-bond donors (Lipinski definition) is 2.